The first-order valence-corrected chi connectivity index (χ1v) is 8.58. The normalized spacial score (nSPS) is 10.8. The van der Waals surface area contributed by atoms with E-state index in [0.717, 1.165) is 10.1 Å². The first-order chi connectivity index (χ1) is 13.9. The molecular formula is C21H16N4O4. The minimum Gasteiger partial charge on any atom is -0.493 e. The number of aromatic carboxylic acids is 1. The van der Waals surface area contributed by atoms with E-state index in [4.69, 9.17) is 5.11 Å². The average molecular weight is 388 g/mol. The molecule has 1 aromatic heterocycles. The molecule has 0 spiro atoms. The van der Waals surface area contributed by atoms with Crippen molar-refractivity contribution < 1.29 is 15.0 Å². The molecule has 0 aliphatic heterocycles. The third-order valence-corrected chi connectivity index (χ3v) is 4.33. The van der Waals surface area contributed by atoms with Crippen LogP contribution in [0.3, 0.4) is 0 Å². The van der Waals surface area contributed by atoms with Gasteiger partial charge in [0, 0.05) is 5.56 Å². The fourth-order valence-electron chi connectivity index (χ4n) is 2.75. The predicted molar refractivity (Wildman–Crippen MR) is 105 cm³/mol. The highest BCUT2D eigenvalue weighted by atomic mass is 16.4. The van der Waals surface area contributed by atoms with Gasteiger partial charge in [-0.15, -0.1) is 5.11 Å². The summed E-state index contributed by atoms with van der Waals surface area (Å²) in [6, 6.07) is 16.6. The summed E-state index contributed by atoms with van der Waals surface area (Å²) >= 11 is 0. The van der Waals surface area contributed by atoms with Gasteiger partial charge in [-0.05, 0) is 36.8 Å². The number of rotatable bonds is 5. The second kappa shape index (κ2) is 8.19. The van der Waals surface area contributed by atoms with Crippen LogP contribution in [0.15, 0.2) is 69.6 Å². The molecule has 0 aliphatic rings. The van der Waals surface area contributed by atoms with Gasteiger partial charge in [-0.2, -0.15) is 10.4 Å². The Morgan fingerprint density at radius 2 is 1.76 bits per heavy atom. The summed E-state index contributed by atoms with van der Waals surface area (Å²) in [5.41, 5.74) is 0.703. The third kappa shape index (κ3) is 4.04. The van der Waals surface area contributed by atoms with Gasteiger partial charge in [0.15, 0.2) is 5.69 Å². The second-order valence-corrected chi connectivity index (χ2v) is 6.21. The Hall–Kier alpha value is -4.25. The average Bonchev–Trinajstić information content (AvgIpc) is 2.72. The lowest BCUT2D eigenvalue weighted by atomic mass is 10.1. The van der Waals surface area contributed by atoms with Gasteiger partial charge >= 0.3 is 5.97 Å². The summed E-state index contributed by atoms with van der Waals surface area (Å²) < 4.78 is 1.07. The maximum absolute atomic E-state index is 12.9. The monoisotopic (exact) mass is 388 g/mol. The van der Waals surface area contributed by atoms with E-state index in [0.29, 0.717) is 5.69 Å². The molecule has 8 heteroatoms. The van der Waals surface area contributed by atoms with Crippen LogP contribution in [0.1, 0.15) is 27.0 Å². The van der Waals surface area contributed by atoms with Crippen molar-refractivity contribution in [2.24, 2.45) is 10.2 Å². The van der Waals surface area contributed by atoms with Gasteiger partial charge in [0.25, 0.3) is 5.56 Å². The highest BCUT2D eigenvalue weighted by Crippen LogP contribution is 2.27. The van der Waals surface area contributed by atoms with E-state index in [2.05, 4.69) is 10.2 Å². The van der Waals surface area contributed by atoms with Crippen LogP contribution in [0.4, 0.5) is 11.4 Å². The van der Waals surface area contributed by atoms with E-state index < -0.39 is 17.4 Å². The zero-order valence-corrected chi connectivity index (χ0v) is 15.4. The van der Waals surface area contributed by atoms with Gasteiger partial charge < -0.3 is 10.2 Å². The Morgan fingerprint density at radius 3 is 2.34 bits per heavy atom. The summed E-state index contributed by atoms with van der Waals surface area (Å²) in [7, 11) is 0. The lowest BCUT2D eigenvalue weighted by Gasteiger charge is -2.13. The van der Waals surface area contributed by atoms with E-state index >= 15 is 0 Å². The van der Waals surface area contributed by atoms with Crippen LogP contribution in [-0.4, -0.2) is 20.7 Å². The number of hydrogen-bond acceptors (Lipinski definition) is 6. The Balaban J connectivity index is 2.06. The lowest BCUT2D eigenvalue weighted by Crippen LogP contribution is -2.22. The molecule has 144 valence electrons. The molecule has 0 amide bonds. The van der Waals surface area contributed by atoms with Crippen molar-refractivity contribution in [1.29, 1.82) is 5.26 Å². The Morgan fingerprint density at radius 1 is 1.10 bits per heavy atom. The van der Waals surface area contributed by atoms with Gasteiger partial charge in [0.2, 0.25) is 5.88 Å². The number of hydrogen-bond donors (Lipinski definition) is 2. The topological polar surface area (TPSA) is 128 Å². The quantitative estimate of drug-likeness (QED) is 0.641. The number of nitrogens with zero attached hydrogens (tertiary/aromatic N) is 4. The minimum absolute atomic E-state index is 0.0595. The van der Waals surface area contributed by atoms with Crippen molar-refractivity contribution in [2.45, 2.75) is 13.5 Å². The summed E-state index contributed by atoms with van der Waals surface area (Å²) in [5.74, 6) is -1.49. The number of pyridine rings is 1. The predicted octanol–water partition coefficient (Wildman–Crippen LogP) is 3.90. The fraction of sp³-hybridized carbons (Fsp3) is 0.0952. The zero-order valence-electron chi connectivity index (χ0n) is 15.4. The van der Waals surface area contributed by atoms with Gasteiger partial charge in [0.05, 0.1) is 17.8 Å². The molecule has 3 rings (SSSR count). The Labute approximate surface area is 165 Å². The molecular weight excluding hydrogens is 372 g/mol. The summed E-state index contributed by atoms with van der Waals surface area (Å²) in [6.45, 7) is 1.57. The molecule has 0 atom stereocenters. The summed E-state index contributed by atoms with van der Waals surface area (Å²) in [6.07, 6.45) is 0. The molecule has 2 N–H and O–H groups in total. The third-order valence-electron chi connectivity index (χ3n) is 4.33. The molecule has 0 radical (unpaired) electrons. The van der Waals surface area contributed by atoms with Crippen molar-refractivity contribution in [3.8, 4) is 11.9 Å². The maximum atomic E-state index is 12.9. The molecule has 0 fully saturated rings. The number of benzene rings is 2. The van der Waals surface area contributed by atoms with Crippen molar-refractivity contribution in [3.63, 3.8) is 0 Å². The van der Waals surface area contributed by atoms with Crippen molar-refractivity contribution >= 4 is 17.3 Å². The second-order valence-electron chi connectivity index (χ2n) is 6.21. The minimum atomic E-state index is -1.06. The van der Waals surface area contributed by atoms with Crippen LogP contribution in [0.25, 0.3) is 0 Å². The highest BCUT2D eigenvalue weighted by Gasteiger charge is 2.19. The highest BCUT2D eigenvalue weighted by molar-refractivity contribution is 5.87. The maximum Gasteiger partial charge on any atom is 0.335 e. The SMILES string of the molecule is Cc1c(C#N)c(O)n(Cc2ccccc2)c(=O)c1N=Nc1ccc(C(=O)O)cc1. The molecule has 29 heavy (non-hydrogen) atoms. The lowest BCUT2D eigenvalue weighted by molar-refractivity contribution is 0.0697. The van der Waals surface area contributed by atoms with Crippen LogP contribution in [0.2, 0.25) is 0 Å². The van der Waals surface area contributed by atoms with Crippen LogP contribution in [0, 0.1) is 18.3 Å². The van der Waals surface area contributed by atoms with E-state index in [9.17, 15) is 20.0 Å². The van der Waals surface area contributed by atoms with E-state index in [-0.39, 0.29) is 28.9 Å². The number of nitriles is 1. The first-order valence-electron chi connectivity index (χ1n) is 8.58. The molecule has 0 aliphatic carbocycles. The van der Waals surface area contributed by atoms with Crippen LogP contribution in [0.5, 0.6) is 5.88 Å². The van der Waals surface area contributed by atoms with Gasteiger partial charge in [-0.25, -0.2) is 4.79 Å². The smallest absolute Gasteiger partial charge is 0.335 e. The number of azo groups is 1. The summed E-state index contributed by atoms with van der Waals surface area (Å²) in [5, 5.41) is 36.7. The van der Waals surface area contributed by atoms with E-state index in [1.807, 2.05) is 12.1 Å². The number of carbonyl (C=O) groups is 1. The largest absolute Gasteiger partial charge is 0.493 e. The molecule has 8 nitrogen and oxygen atoms in total. The molecule has 0 saturated heterocycles. The molecule has 2 aromatic carbocycles. The van der Waals surface area contributed by atoms with Crippen LogP contribution < -0.4 is 5.56 Å². The van der Waals surface area contributed by atoms with Gasteiger partial charge in [-0.3, -0.25) is 9.36 Å². The molecule has 0 bridgehead atoms. The van der Waals surface area contributed by atoms with Gasteiger partial charge in [-0.1, -0.05) is 30.3 Å². The summed E-state index contributed by atoms with van der Waals surface area (Å²) in [4.78, 5) is 23.8. The fourth-order valence-corrected chi connectivity index (χ4v) is 2.75. The van der Waals surface area contributed by atoms with Gasteiger partial charge in [0.1, 0.15) is 11.6 Å². The van der Waals surface area contributed by atoms with E-state index in [1.54, 1.807) is 24.3 Å². The standard InChI is InChI=1S/C21H16N4O4/c1-13-17(11-22)19(26)25(12-14-5-3-2-4-6-14)20(27)18(13)24-23-16-9-7-15(8-10-16)21(28)29/h2-10,26H,12H2,1H3,(H,28,29). The first kappa shape index (κ1) is 19.5. The number of carboxylic acid groups (broad SMARTS) is 1. The Bertz CT molecular complexity index is 1190. The molecule has 3 aromatic rings. The number of carboxylic acids is 1. The van der Waals surface area contributed by atoms with Crippen LogP contribution >= 0.6 is 0 Å². The van der Waals surface area contributed by atoms with Crippen molar-refractivity contribution in [2.75, 3.05) is 0 Å². The van der Waals surface area contributed by atoms with E-state index in [1.165, 1.54) is 31.2 Å². The van der Waals surface area contributed by atoms with Crippen molar-refractivity contribution in [3.05, 3.63) is 87.2 Å². The molecule has 0 saturated carbocycles. The van der Waals surface area contributed by atoms with Crippen molar-refractivity contribution in [1.82, 2.24) is 4.57 Å². The Kier molecular flexibility index (Phi) is 5.51. The molecule has 1 heterocycles. The number of aromatic nitrogens is 1. The molecule has 0 unspecified atom stereocenters. The van der Waals surface area contributed by atoms with Crippen LogP contribution in [-0.2, 0) is 6.54 Å². The zero-order chi connectivity index (χ0) is 21.0. The number of aromatic hydroxyl groups is 1.